The van der Waals surface area contributed by atoms with E-state index in [1.807, 2.05) is 0 Å². The van der Waals surface area contributed by atoms with Crippen molar-refractivity contribution in [2.75, 3.05) is 0 Å². The molecule has 8 nitrogen and oxygen atoms in total. The number of hydrogen-bond donors (Lipinski definition) is 2. The summed E-state index contributed by atoms with van der Waals surface area (Å²) in [6.07, 6.45) is 0.332. The monoisotopic (exact) mass is 372 g/mol. The SMILES string of the molecule is C[C@@H](O)c1nnc([C@H]2C[C@H](NC(=O)c3onc(-c4ccccc4)c3F)C2)o1. The third-order valence-electron chi connectivity index (χ3n) is 4.53. The number of aliphatic hydroxyl groups is 1. The van der Waals surface area contributed by atoms with E-state index < -0.39 is 23.6 Å². The van der Waals surface area contributed by atoms with Crippen LogP contribution in [0.2, 0.25) is 0 Å². The summed E-state index contributed by atoms with van der Waals surface area (Å²) in [5.74, 6) is -1.29. The van der Waals surface area contributed by atoms with Crippen LogP contribution in [0.3, 0.4) is 0 Å². The molecular formula is C18H17FN4O4. The highest BCUT2D eigenvalue weighted by atomic mass is 19.1. The quantitative estimate of drug-likeness (QED) is 0.707. The average molecular weight is 372 g/mol. The number of benzene rings is 1. The highest BCUT2D eigenvalue weighted by Crippen LogP contribution is 2.36. The second-order valence-corrected chi connectivity index (χ2v) is 6.53. The van der Waals surface area contributed by atoms with Crippen molar-refractivity contribution < 1.29 is 23.2 Å². The minimum atomic E-state index is -0.824. The molecule has 1 atom stereocenters. The molecule has 0 unspecified atom stereocenters. The first-order valence-electron chi connectivity index (χ1n) is 8.55. The third-order valence-corrected chi connectivity index (χ3v) is 4.53. The van der Waals surface area contributed by atoms with Gasteiger partial charge in [-0.3, -0.25) is 4.79 Å². The van der Waals surface area contributed by atoms with Crippen molar-refractivity contribution in [1.29, 1.82) is 0 Å². The van der Waals surface area contributed by atoms with Gasteiger partial charge in [-0.15, -0.1) is 10.2 Å². The topological polar surface area (TPSA) is 114 Å². The van der Waals surface area contributed by atoms with Crippen LogP contribution < -0.4 is 5.32 Å². The number of nitrogens with zero attached hydrogens (tertiary/aromatic N) is 3. The number of nitrogens with one attached hydrogen (secondary N) is 1. The van der Waals surface area contributed by atoms with Gasteiger partial charge in [-0.05, 0) is 19.8 Å². The van der Waals surface area contributed by atoms with E-state index in [2.05, 4.69) is 20.7 Å². The van der Waals surface area contributed by atoms with Crippen molar-refractivity contribution in [2.45, 2.75) is 37.8 Å². The maximum atomic E-state index is 14.5. The zero-order valence-corrected chi connectivity index (χ0v) is 14.4. The van der Waals surface area contributed by atoms with E-state index in [0.29, 0.717) is 24.3 Å². The van der Waals surface area contributed by atoms with Crippen molar-refractivity contribution in [2.24, 2.45) is 0 Å². The highest BCUT2D eigenvalue weighted by molar-refractivity contribution is 5.93. The molecular weight excluding hydrogens is 355 g/mol. The highest BCUT2D eigenvalue weighted by Gasteiger charge is 2.37. The second kappa shape index (κ2) is 6.92. The second-order valence-electron chi connectivity index (χ2n) is 6.53. The Morgan fingerprint density at radius 2 is 2.04 bits per heavy atom. The van der Waals surface area contributed by atoms with Crippen molar-refractivity contribution in [1.82, 2.24) is 20.7 Å². The van der Waals surface area contributed by atoms with Gasteiger partial charge in [0, 0.05) is 17.5 Å². The molecule has 1 aliphatic carbocycles. The molecule has 2 aromatic heterocycles. The minimum absolute atomic E-state index is 0.00347. The van der Waals surface area contributed by atoms with Crippen LogP contribution in [0.4, 0.5) is 4.39 Å². The van der Waals surface area contributed by atoms with Gasteiger partial charge >= 0.3 is 0 Å². The van der Waals surface area contributed by atoms with Gasteiger partial charge in [0.15, 0.2) is 5.69 Å². The number of hydrogen-bond acceptors (Lipinski definition) is 7. The molecule has 1 fully saturated rings. The lowest BCUT2D eigenvalue weighted by atomic mass is 9.80. The van der Waals surface area contributed by atoms with Crippen LogP contribution in [-0.4, -0.2) is 32.4 Å². The summed E-state index contributed by atoms with van der Waals surface area (Å²) in [5, 5.41) is 23.5. The fourth-order valence-corrected chi connectivity index (χ4v) is 2.96. The molecule has 4 rings (SSSR count). The molecule has 3 aromatic rings. The van der Waals surface area contributed by atoms with Gasteiger partial charge in [-0.2, -0.15) is 4.39 Å². The van der Waals surface area contributed by atoms with Gasteiger partial charge < -0.3 is 19.4 Å². The van der Waals surface area contributed by atoms with E-state index in [1.165, 1.54) is 6.92 Å². The molecule has 2 heterocycles. The predicted octanol–water partition coefficient (Wildman–Crippen LogP) is 2.59. The Morgan fingerprint density at radius 3 is 2.70 bits per heavy atom. The number of carbonyl (C=O) groups excluding carboxylic acids is 1. The van der Waals surface area contributed by atoms with Gasteiger partial charge in [0.1, 0.15) is 6.10 Å². The first kappa shape index (κ1) is 17.3. The first-order valence-corrected chi connectivity index (χ1v) is 8.55. The number of carbonyl (C=O) groups is 1. The number of aliphatic hydroxyl groups excluding tert-OH is 1. The molecule has 1 aliphatic rings. The predicted molar refractivity (Wildman–Crippen MR) is 90.1 cm³/mol. The Labute approximate surface area is 153 Å². The summed E-state index contributed by atoms with van der Waals surface area (Å²) in [5.41, 5.74) is 0.538. The van der Waals surface area contributed by atoms with Gasteiger partial charge in [0.05, 0.1) is 0 Å². The lowest BCUT2D eigenvalue weighted by Gasteiger charge is -2.33. The van der Waals surface area contributed by atoms with E-state index in [9.17, 15) is 14.3 Å². The van der Waals surface area contributed by atoms with Gasteiger partial charge in [0.25, 0.3) is 11.7 Å². The smallest absolute Gasteiger partial charge is 0.293 e. The van der Waals surface area contributed by atoms with E-state index in [-0.39, 0.29) is 23.5 Å². The fourth-order valence-electron chi connectivity index (χ4n) is 2.96. The molecule has 1 amide bonds. The summed E-state index contributed by atoms with van der Waals surface area (Å²) in [7, 11) is 0. The van der Waals surface area contributed by atoms with Gasteiger partial charge in [0.2, 0.25) is 17.6 Å². The fraction of sp³-hybridized carbons (Fsp3) is 0.333. The van der Waals surface area contributed by atoms with Crippen LogP contribution in [0.15, 0.2) is 39.3 Å². The first-order chi connectivity index (χ1) is 13.0. The van der Waals surface area contributed by atoms with Crippen LogP contribution in [-0.2, 0) is 0 Å². The normalized spacial score (nSPS) is 20.1. The third kappa shape index (κ3) is 3.33. The molecule has 1 aromatic carbocycles. The molecule has 0 aliphatic heterocycles. The largest absolute Gasteiger partial charge is 0.422 e. The van der Waals surface area contributed by atoms with E-state index in [4.69, 9.17) is 8.94 Å². The van der Waals surface area contributed by atoms with Gasteiger partial charge in [-0.1, -0.05) is 35.5 Å². The van der Waals surface area contributed by atoms with Crippen LogP contribution in [0.1, 0.15) is 54.1 Å². The zero-order valence-electron chi connectivity index (χ0n) is 14.4. The summed E-state index contributed by atoms with van der Waals surface area (Å²) < 4.78 is 24.8. The Kier molecular flexibility index (Phi) is 4.44. The summed E-state index contributed by atoms with van der Waals surface area (Å²) in [6.45, 7) is 1.54. The van der Waals surface area contributed by atoms with Crippen LogP contribution in [0.25, 0.3) is 11.3 Å². The number of rotatable bonds is 5. The molecule has 0 bridgehead atoms. The zero-order chi connectivity index (χ0) is 19.0. The van der Waals surface area contributed by atoms with E-state index in [0.717, 1.165) is 0 Å². The number of halogens is 1. The Balaban J connectivity index is 1.37. The van der Waals surface area contributed by atoms with Crippen molar-refractivity contribution in [3.05, 3.63) is 53.7 Å². The van der Waals surface area contributed by atoms with Crippen LogP contribution in [0, 0.1) is 5.82 Å². The standard InChI is InChI=1S/C18H17FN4O4/c1-9(24)17-21-22-18(26-17)11-7-12(8-11)20-16(25)15-13(19)14(23-27-15)10-5-3-2-4-6-10/h2-6,9,11-12,24H,7-8H2,1H3,(H,20,25)/t9-,11-,12-/m1/s1. The maximum Gasteiger partial charge on any atom is 0.293 e. The minimum Gasteiger partial charge on any atom is -0.422 e. The molecule has 0 radical (unpaired) electrons. The molecule has 9 heteroatoms. The molecule has 140 valence electrons. The Morgan fingerprint density at radius 1 is 1.30 bits per heavy atom. The van der Waals surface area contributed by atoms with E-state index in [1.54, 1.807) is 30.3 Å². The molecule has 0 spiro atoms. The molecule has 27 heavy (non-hydrogen) atoms. The van der Waals surface area contributed by atoms with Crippen LogP contribution >= 0.6 is 0 Å². The number of aromatic nitrogens is 3. The van der Waals surface area contributed by atoms with E-state index >= 15 is 0 Å². The van der Waals surface area contributed by atoms with Crippen LogP contribution in [0.5, 0.6) is 0 Å². The average Bonchev–Trinajstić information content (AvgIpc) is 3.25. The molecule has 0 saturated heterocycles. The van der Waals surface area contributed by atoms with Crippen molar-refractivity contribution in [3.63, 3.8) is 0 Å². The van der Waals surface area contributed by atoms with Crippen molar-refractivity contribution >= 4 is 5.91 Å². The lowest BCUT2D eigenvalue weighted by molar-refractivity contribution is 0.0858. The Bertz CT molecular complexity index is 947. The summed E-state index contributed by atoms with van der Waals surface area (Å²) in [6, 6.07) is 8.51. The molecule has 1 saturated carbocycles. The number of amides is 1. The summed E-state index contributed by atoms with van der Waals surface area (Å²) in [4.78, 5) is 12.3. The maximum absolute atomic E-state index is 14.5. The van der Waals surface area contributed by atoms with Gasteiger partial charge in [-0.25, -0.2) is 0 Å². The van der Waals surface area contributed by atoms with Crippen molar-refractivity contribution in [3.8, 4) is 11.3 Å². The summed E-state index contributed by atoms with van der Waals surface area (Å²) >= 11 is 0. The Hall–Kier alpha value is -3.07. The lowest BCUT2D eigenvalue weighted by Crippen LogP contribution is -2.43. The molecule has 2 N–H and O–H groups in total.